The fourth-order valence-corrected chi connectivity index (χ4v) is 7.81. The molecule has 45 heavy (non-hydrogen) atoms. The first-order chi connectivity index (χ1) is 21.7. The molecule has 10 nitrogen and oxygen atoms in total. The molecule has 9 atom stereocenters. The Kier molecular flexibility index (Phi) is 13.8. The van der Waals surface area contributed by atoms with Crippen LogP contribution in [-0.2, 0) is 9.47 Å². The van der Waals surface area contributed by atoms with E-state index in [-0.39, 0.29) is 12.2 Å². The predicted octanol–water partition coefficient (Wildman–Crippen LogP) is 3.42. The Bertz CT molecular complexity index is 1030. The van der Waals surface area contributed by atoms with Crippen LogP contribution < -0.4 is 32.3 Å². The van der Waals surface area contributed by atoms with Crippen molar-refractivity contribution in [2.24, 2.45) is 59.0 Å². The fourth-order valence-electron chi connectivity index (χ4n) is 7.81. The smallest absolute Gasteiger partial charge is 0.407 e. The predicted molar refractivity (Wildman–Crippen MR) is 180 cm³/mol. The molecule has 3 heterocycles. The van der Waals surface area contributed by atoms with Gasteiger partial charge >= 0.3 is 12.2 Å². The number of nitrogens with one attached hydrogen (secondary N) is 5. The maximum Gasteiger partial charge on any atom is 0.407 e. The molecular weight excluding hydrogens is 568 g/mol. The van der Waals surface area contributed by atoms with Gasteiger partial charge in [0.15, 0.2) is 0 Å². The topological polar surface area (TPSA) is 139 Å². The largest absolute Gasteiger partial charge is 0.450 e. The van der Waals surface area contributed by atoms with Crippen molar-refractivity contribution in [1.82, 2.24) is 26.6 Å². The van der Waals surface area contributed by atoms with Crippen LogP contribution >= 0.6 is 0 Å². The molecule has 7 N–H and O–H groups in total. The molecule has 0 aromatic heterocycles. The summed E-state index contributed by atoms with van der Waals surface area (Å²) in [7, 11) is 0. The van der Waals surface area contributed by atoms with Crippen LogP contribution in [0.3, 0.4) is 0 Å². The van der Waals surface area contributed by atoms with Gasteiger partial charge in [-0.05, 0) is 126 Å². The molecule has 254 valence electrons. The Labute approximate surface area is 271 Å². The Morgan fingerprint density at radius 1 is 0.711 bits per heavy atom. The van der Waals surface area contributed by atoms with Crippen molar-refractivity contribution in [3.8, 4) is 0 Å². The highest BCUT2D eigenvalue weighted by Gasteiger charge is 2.35. The maximum absolute atomic E-state index is 11.6. The molecule has 3 saturated heterocycles. The number of allylic oxidation sites excluding steroid dienone is 3. The zero-order chi connectivity index (χ0) is 32.2. The minimum atomic E-state index is -0.423. The lowest BCUT2D eigenvalue weighted by atomic mass is 9.78. The van der Waals surface area contributed by atoms with Crippen LogP contribution in [0.1, 0.15) is 47.0 Å². The van der Waals surface area contributed by atoms with E-state index in [1.165, 1.54) is 13.0 Å². The van der Waals surface area contributed by atoms with Gasteiger partial charge in [0.2, 0.25) is 0 Å². The van der Waals surface area contributed by atoms with Crippen LogP contribution in [0, 0.1) is 53.3 Å². The van der Waals surface area contributed by atoms with E-state index in [0.717, 1.165) is 76.4 Å². The van der Waals surface area contributed by atoms with E-state index in [9.17, 15) is 9.59 Å². The van der Waals surface area contributed by atoms with Crippen LogP contribution in [-0.4, -0.2) is 83.3 Å². The van der Waals surface area contributed by atoms with Crippen molar-refractivity contribution in [3.63, 3.8) is 0 Å². The zero-order valence-corrected chi connectivity index (χ0v) is 28.1. The van der Waals surface area contributed by atoms with Gasteiger partial charge in [-0.3, -0.25) is 0 Å². The van der Waals surface area contributed by atoms with Gasteiger partial charge in [-0.25, -0.2) is 9.59 Å². The second kappa shape index (κ2) is 17.5. The summed E-state index contributed by atoms with van der Waals surface area (Å²) in [6.45, 7) is 16.8. The summed E-state index contributed by atoms with van der Waals surface area (Å²) in [5.74, 6) is 6.04. The normalized spacial score (nSPS) is 34.2. The number of fused-ring (bicyclic) bond motifs is 3. The van der Waals surface area contributed by atoms with Gasteiger partial charge in [-0.1, -0.05) is 36.5 Å². The summed E-state index contributed by atoms with van der Waals surface area (Å²) in [4.78, 5) is 22.8. The van der Waals surface area contributed by atoms with Crippen molar-refractivity contribution in [1.29, 1.82) is 0 Å². The highest BCUT2D eigenvalue weighted by Crippen LogP contribution is 2.34. The molecule has 9 unspecified atom stereocenters. The second-order valence-electron chi connectivity index (χ2n) is 14.4. The van der Waals surface area contributed by atoms with E-state index in [2.05, 4.69) is 63.0 Å². The summed E-state index contributed by atoms with van der Waals surface area (Å²) in [5.41, 5.74) is 5.27. The summed E-state index contributed by atoms with van der Waals surface area (Å²) in [6.07, 6.45) is 16.5. The van der Waals surface area contributed by atoms with Crippen molar-refractivity contribution < 1.29 is 19.1 Å². The molecule has 0 aromatic carbocycles. The monoisotopic (exact) mass is 628 g/mol. The highest BCUT2D eigenvalue weighted by atomic mass is 16.6. The van der Waals surface area contributed by atoms with E-state index in [1.54, 1.807) is 0 Å². The number of nitrogens with two attached hydrogens (primary N) is 1. The molecule has 0 bridgehead atoms. The van der Waals surface area contributed by atoms with E-state index in [1.807, 2.05) is 27.7 Å². The quantitative estimate of drug-likeness (QED) is 0.246. The van der Waals surface area contributed by atoms with Gasteiger partial charge < -0.3 is 41.8 Å². The third kappa shape index (κ3) is 10.8. The third-order valence-corrected chi connectivity index (χ3v) is 10.2. The van der Waals surface area contributed by atoms with Gasteiger partial charge in [0.25, 0.3) is 0 Å². The minimum absolute atomic E-state index is 0.292. The van der Waals surface area contributed by atoms with Crippen molar-refractivity contribution in [3.05, 3.63) is 36.5 Å². The summed E-state index contributed by atoms with van der Waals surface area (Å²) < 4.78 is 10.1. The minimum Gasteiger partial charge on any atom is -0.450 e. The van der Waals surface area contributed by atoms with E-state index < -0.39 is 5.60 Å². The van der Waals surface area contributed by atoms with Crippen LogP contribution in [0.5, 0.6) is 0 Å². The van der Waals surface area contributed by atoms with Gasteiger partial charge in [0.1, 0.15) is 5.60 Å². The summed E-state index contributed by atoms with van der Waals surface area (Å²) in [5, 5.41) is 16.0. The second-order valence-corrected chi connectivity index (χ2v) is 14.4. The summed E-state index contributed by atoms with van der Waals surface area (Å²) in [6, 6.07) is 0. The molecule has 0 aromatic rings. The zero-order valence-electron chi connectivity index (χ0n) is 28.1. The van der Waals surface area contributed by atoms with Gasteiger partial charge in [-0.15, -0.1) is 0 Å². The number of amides is 2. The van der Waals surface area contributed by atoms with Gasteiger partial charge in [-0.2, -0.15) is 0 Å². The number of carbonyl (C=O) groups is 2. The van der Waals surface area contributed by atoms with Gasteiger partial charge in [0.05, 0.1) is 6.61 Å². The number of ether oxygens (including phenoxy) is 2. The average molecular weight is 629 g/mol. The standard InChI is InChI=1S/C14H24N2O2.C12H20N2O2.C9H16N2/c1-14(2,3)18-13(17)16-8-11-6-4-5-10-7-15-9-12(10)11;1-2-16-12(15)14-7-10-5-3-4-9-6-13-8-11(9)10;10-4-7-2-1-3-8-5-11-6-9(7)8/h4-5,10-12,15H,6-9H2,1-3H3,(H,16,17);3-4,9-11,13H,2,5-8H2,1H3,(H,14,15);1,3,7-9,11H,2,4-6,10H2. The van der Waals surface area contributed by atoms with Crippen molar-refractivity contribution in [2.75, 3.05) is 65.5 Å². The summed E-state index contributed by atoms with van der Waals surface area (Å²) >= 11 is 0. The lowest BCUT2D eigenvalue weighted by Gasteiger charge is -2.29. The SMILES string of the molecule is CC(C)(C)OC(=O)NCC1CC=CC2CNCC21.CCOC(=O)NCC1CC=CC2CNCC21.NCC1CC=CC2CNCC21. The molecule has 6 rings (SSSR count). The maximum atomic E-state index is 11.6. The highest BCUT2D eigenvalue weighted by molar-refractivity contribution is 5.67. The molecule has 0 saturated carbocycles. The number of hydrogen-bond acceptors (Lipinski definition) is 8. The van der Waals surface area contributed by atoms with E-state index in [0.29, 0.717) is 48.7 Å². The molecule has 6 aliphatic rings. The Morgan fingerprint density at radius 2 is 1.13 bits per heavy atom. The average Bonchev–Trinajstić information content (AvgIpc) is 3.80. The molecular formula is C35H60N6O4. The molecule has 0 spiro atoms. The first-order valence-corrected chi connectivity index (χ1v) is 17.4. The fraction of sp³-hybridized carbons (Fsp3) is 0.771. The van der Waals surface area contributed by atoms with Crippen LogP contribution in [0.25, 0.3) is 0 Å². The van der Waals surface area contributed by atoms with Gasteiger partial charge in [0, 0.05) is 32.7 Å². The first kappa shape index (κ1) is 35.5. The third-order valence-electron chi connectivity index (χ3n) is 10.2. The van der Waals surface area contributed by atoms with Crippen LogP contribution in [0.15, 0.2) is 36.5 Å². The molecule has 3 aliphatic carbocycles. The first-order valence-electron chi connectivity index (χ1n) is 17.4. The van der Waals surface area contributed by atoms with Crippen molar-refractivity contribution in [2.45, 2.75) is 52.6 Å². The molecule has 10 heteroatoms. The number of carbonyl (C=O) groups excluding carboxylic acids is 2. The molecule has 0 radical (unpaired) electrons. The van der Waals surface area contributed by atoms with E-state index in [4.69, 9.17) is 15.2 Å². The van der Waals surface area contributed by atoms with Crippen molar-refractivity contribution >= 4 is 12.2 Å². The number of rotatable bonds is 6. The molecule has 3 fully saturated rings. The van der Waals surface area contributed by atoms with Crippen LogP contribution in [0.4, 0.5) is 9.59 Å². The Hall–Kier alpha value is -2.40. The lowest BCUT2D eigenvalue weighted by molar-refractivity contribution is 0.0511. The van der Waals surface area contributed by atoms with Crippen LogP contribution in [0.2, 0.25) is 0 Å². The lowest BCUT2D eigenvalue weighted by Crippen LogP contribution is -2.38. The van der Waals surface area contributed by atoms with E-state index >= 15 is 0 Å². The number of hydrogen-bond donors (Lipinski definition) is 6. The molecule has 3 aliphatic heterocycles. The Morgan fingerprint density at radius 3 is 1.56 bits per heavy atom. The number of alkyl carbamates (subject to hydrolysis) is 2. The Balaban J connectivity index is 0.000000158. The molecule has 2 amide bonds.